The van der Waals surface area contributed by atoms with E-state index in [2.05, 4.69) is 31.7 Å². The lowest BCUT2D eigenvalue weighted by Crippen LogP contribution is -2.34. The van der Waals surface area contributed by atoms with E-state index in [0.29, 0.717) is 35.9 Å². The topological polar surface area (TPSA) is 124 Å². The lowest BCUT2D eigenvalue weighted by Gasteiger charge is -2.29. The van der Waals surface area contributed by atoms with Gasteiger partial charge in [0.15, 0.2) is 11.6 Å². The zero-order valence-electron chi connectivity index (χ0n) is 21.8. The molecule has 5 rings (SSSR count). The number of Topliss-reactive ketones (excluding diaryl/α,β-unsaturated/α-hetero) is 2. The molecule has 38 heavy (non-hydrogen) atoms. The van der Waals surface area contributed by atoms with Crippen LogP contribution in [0.2, 0.25) is 0 Å². The van der Waals surface area contributed by atoms with Crippen molar-refractivity contribution < 1.29 is 14.1 Å². The number of nitrogens with one attached hydrogen (secondary N) is 1. The highest BCUT2D eigenvalue weighted by molar-refractivity contribution is 6.08. The SMILES string of the molecule is CCCC1=C(Cc2ccc(-c3ccccc3-c3noc(=O)[nH]3)cc2)C(=O)C(C(C)C(C)=O)c2nc(C)nn21. The number of aromatic amines is 1. The highest BCUT2D eigenvalue weighted by Crippen LogP contribution is 2.38. The van der Waals surface area contributed by atoms with Gasteiger partial charge >= 0.3 is 5.76 Å². The number of fused-ring (bicyclic) bond motifs is 1. The number of carbonyl (C=O) groups excluding carboxylic acids is 2. The van der Waals surface area contributed by atoms with E-state index in [1.54, 1.807) is 18.5 Å². The average molecular weight is 512 g/mol. The molecule has 194 valence electrons. The molecule has 2 atom stereocenters. The summed E-state index contributed by atoms with van der Waals surface area (Å²) in [5, 5.41) is 8.44. The Balaban J connectivity index is 1.52. The minimum atomic E-state index is -0.653. The van der Waals surface area contributed by atoms with Crippen LogP contribution >= 0.6 is 0 Å². The molecule has 2 unspecified atom stereocenters. The summed E-state index contributed by atoms with van der Waals surface area (Å²) in [4.78, 5) is 44.9. The molecule has 0 fully saturated rings. The fourth-order valence-electron chi connectivity index (χ4n) is 5.07. The van der Waals surface area contributed by atoms with Gasteiger partial charge in [0.05, 0.1) is 11.6 Å². The minimum absolute atomic E-state index is 0.0506. The number of hydrogen-bond donors (Lipinski definition) is 1. The molecule has 2 aromatic heterocycles. The number of rotatable bonds is 8. The number of benzene rings is 2. The Hall–Kier alpha value is -4.40. The van der Waals surface area contributed by atoms with Crippen LogP contribution in [0.5, 0.6) is 0 Å². The Kier molecular flexibility index (Phi) is 6.75. The Morgan fingerprint density at radius 3 is 2.45 bits per heavy atom. The van der Waals surface area contributed by atoms with Crippen molar-refractivity contribution in [1.82, 2.24) is 24.9 Å². The molecule has 9 heteroatoms. The maximum atomic E-state index is 13.9. The van der Waals surface area contributed by atoms with Gasteiger partial charge in [-0.05, 0) is 37.0 Å². The highest BCUT2D eigenvalue weighted by Gasteiger charge is 2.41. The number of nitrogens with zero attached hydrogens (tertiary/aromatic N) is 4. The summed E-state index contributed by atoms with van der Waals surface area (Å²) >= 11 is 0. The fourth-order valence-corrected chi connectivity index (χ4v) is 5.07. The predicted octanol–water partition coefficient (Wildman–Crippen LogP) is 4.74. The lowest BCUT2D eigenvalue weighted by atomic mass is 9.79. The van der Waals surface area contributed by atoms with Crippen LogP contribution in [-0.2, 0) is 16.0 Å². The van der Waals surface area contributed by atoms with Crippen molar-refractivity contribution in [3.05, 3.63) is 81.9 Å². The van der Waals surface area contributed by atoms with Gasteiger partial charge in [-0.15, -0.1) is 0 Å². The number of hydrogen-bond acceptors (Lipinski definition) is 7. The molecule has 0 amide bonds. The van der Waals surface area contributed by atoms with E-state index < -0.39 is 17.6 Å². The standard InChI is InChI=1S/C29H29N5O4/c1-5-8-24-23(26(36)25(16(2)17(3)35)28-30-18(4)32-34(24)28)15-19-11-13-20(14-12-19)21-9-6-7-10-22(21)27-31-29(37)38-33-27/h6-7,9-14,16,25H,5,8,15H2,1-4H3,(H,31,33,37). The second-order valence-corrected chi connectivity index (χ2v) is 9.71. The highest BCUT2D eigenvalue weighted by atomic mass is 16.5. The van der Waals surface area contributed by atoms with Crippen LogP contribution in [0.4, 0.5) is 0 Å². The van der Waals surface area contributed by atoms with Gasteiger partial charge in [0.2, 0.25) is 0 Å². The summed E-state index contributed by atoms with van der Waals surface area (Å²) in [6, 6.07) is 15.6. The molecule has 0 bridgehead atoms. The largest absolute Gasteiger partial charge is 0.439 e. The van der Waals surface area contributed by atoms with Crippen LogP contribution in [0.25, 0.3) is 28.2 Å². The molecule has 2 aromatic carbocycles. The van der Waals surface area contributed by atoms with E-state index in [1.807, 2.05) is 48.5 Å². The summed E-state index contributed by atoms with van der Waals surface area (Å²) in [5.74, 6) is -0.362. The van der Waals surface area contributed by atoms with Gasteiger partial charge in [-0.2, -0.15) is 5.10 Å². The van der Waals surface area contributed by atoms with E-state index in [-0.39, 0.29) is 11.6 Å². The maximum absolute atomic E-state index is 13.9. The molecular formula is C29H29N5O4. The quantitative estimate of drug-likeness (QED) is 0.362. The van der Waals surface area contributed by atoms with Gasteiger partial charge in [0.25, 0.3) is 0 Å². The summed E-state index contributed by atoms with van der Waals surface area (Å²) < 4.78 is 6.48. The van der Waals surface area contributed by atoms with Crippen LogP contribution < -0.4 is 5.76 Å². The molecule has 0 saturated carbocycles. The van der Waals surface area contributed by atoms with Crippen LogP contribution in [0.15, 0.2) is 63.4 Å². The molecule has 0 saturated heterocycles. The normalized spacial score (nSPS) is 16.0. The Labute approximate surface area is 219 Å². The van der Waals surface area contributed by atoms with Gasteiger partial charge in [0.1, 0.15) is 17.4 Å². The van der Waals surface area contributed by atoms with Crippen LogP contribution in [0, 0.1) is 12.8 Å². The number of aromatic nitrogens is 5. The molecule has 0 spiro atoms. The number of H-pyrrole nitrogens is 1. The molecule has 0 radical (unpaired) electrons. The first-order valence-corrected chi connectivity index (χ1v) is 12.7. The average Bonchev–Trinajstić information content (AvgIpc) is 3.51. The molecule has 9 nitrogen and oxygen atoms in total. The second-order valence-electron chi connectivity index (χ2n) is 9.71. The van der Waals surface area contributed by atoms with Gasteiger partial charge < -0.3 is 0 Å². The maximum Gasteiger partial charge on any atom is 0.439 e. The zero-order chi connectivity index (χ0) is 27.0. The van der Waals surface area contributed by atoms with Crippen LogP contribution in [0.3, 0.4) is 0 Å². The summed E-state index contributed by atoms with van der Waals surface area (Å²) in [5.41, 5.74) is 5.06. The third kappa shape index (κ3) is 4.55. The number of aryl methyl sites for hydroxylation is 1. The van der Waals surface area contributed by atoms with Crippen molar-refractivity contribution in [3.63, 3.8) is 0 Å². The Morgan fingerprint density at radius 1 is 1.11 bits per heavy atom. The molecule has 1 aliphatic rings. The molecular weight excluding hydrogens is 482 g/mol. The number of ketones is 2. The molecule has 3 heterocycles. The third-order valence-electron chi connectivity index (χ3n) is 7.10. The lowest BCUT2D eigenvalue weighted by molar-refractivity contribution is -0.126. The third-order valence-corrected chi connectivity index (χ3v) is 7.10. The van der Waals surface area contributed by atoms with Crippen LogP contribution in [-0.4, -0.2) is 36.5 Å². The van der Waals surface area contributed by atoms with E-state index in [4.69, 9.17) is 0 Å². The zero-order valence-corrected chi connectivity index (χ0v) is 21.8. The minimum Gasteiger partial charge on any atom is -0.300 e. The molecule has 4 aromatic rings. The van der Waals surface area contributed by atoms with Crippen molar-refractivity contribution >= 4 is 17.3 Å². The predicted molar refractivity (Wildman–Crippen MR) is 142 cm³/mol. The second kappa shape index (κ2) is 10.2. The van der Waals surface area contributed by atoms with Gasteiger partial charge in [-0.25, -0.2) is 14.5 Å². The van der Waals surface area contributed by atoms with Crippen molar-refractivity contribution in [3.8, 4) is 22.5 Å². The van der Waals surface area contributed by atoms with Gasteiger partial charge in [-0.3, -0.25) is 19.1 Å². The first kappa shape index (κ1) is 25.3. The van der Waals surface area contributed by atoms with Crippen molar-refractivity contribution in [2.75, 3.05) is 0 Å². The summed E-state index contributed by atoms with van der Waals surface area (Å²) in [6.45, 7) is 7.18. The monoisotopic (exact) mass is 511 g/mol. The number of carbonyl (C=O) groups is 2. The van der Waals surface area contributed by atoms with Crippen LogP contribution in [0.1, 0.15) is 56.7 Å². The Bertz CT molecular complexity index is 1610. The van der Waals surface area contributed by atoms with Crippen molar-refractivity contribution in [2.24, 2.45) is 5.92 Å². The smallest absolute Gasteiger partial charge is 0.300 e. The van der Waals surface area contributed by atoms with E-state index in [1.165, 1.54) is 6.92 Å². The van der Waals surface area contributed by atoms with Crippen molar-refractivity contribution in [1.29, 1.82) is 0 Å². The van der Waals surface area contributed by atoms with E-state index in [9.17, 15) is 14.4 Å². The summed E-state index contributed by atoms with van der Waals surface area (Å²) in [7, 11) is 0. The van der Waals surface area contributed by atoms with E-state index in [0.717, 1.165) is 34.4 Å². The van der Waals surface area contributed by atoms with E-state index >= 15 is 0 Å². The number of allylic oxidation sites excluding steroid dienone is 2. The first-order valence-electron chi connectivity index (χ1n) is 12.7. The van der Waals surface area contributed by atoms with Crippen molar-refractivity contribution in [2.45, 2.75) is 52.9 Å². The fraction of sp³-hybridized carbons (Fsp3) is 0.310. The molecule has 1 N–H and O–H groups in total. The summed E-state index contributed by atoms with van der Waals surface area (Å²) in [6.07, 6.45) is 1.95. The Morgan fingerprint density at radius 2 is 1.82 bits per heavy atom. The van der Waals surface area contributed by atoms with Gasteiger partial charge in [-0.1, -0.05) is 74.0 Å². The first-order chi connectivity index (χ1) is 18.3. The molecule has 0 aliphatic carbocycles. The molecule has 1 aliphatic heterocycles. The van der Waals surface area contributed by atoms with Gasteiger partial charge in [0, 0.05) is 23.5 Å².